The van der Waals surface area contributed by atoms with Crippen LogP contribution >= 0.6 is 0 Å². The maximum atomic E-state index is 12.2. The smallest absolute Gasteiger partial charge is 0.358 e. The van der Waals surface area contributed by atoms with Crippen molar-refractivity contribution >= 4 is 11.9 Å². The van der Waals surface area contributed by atoms with Crippen LogP contribution in [0.25, 0.3) is 0 Å². The number of pyridine rings is 1. The zero-order valence-corrected chi connectivity index (χ0v) is 13.1. The van der Waals surface area contributed by atoms with Crippen LogP contribution in [0.5, 0.6) is 0 Å². The topological polar surface area (TPSA) is 88.2 Å². The molecule has 23 heavy (non-hydrogen) atoms. The number of rotatable bonds is 4. The number of methoxy groups -OCH3 is 1. The molecule has 0 spiro atoms. The number of nitrogens with one attached hydrogen (secondary N) is 1. The van der Waals surface area contributed by atoms with Crippen molar-refractivity contribution in [2.75, 3.05) is 13.7 Å². The standard InChI is InChI=1S/C16H18N4O3/c1-10-14(16(22)23-2)19-15(18-10)12-6-13(21)20(9-12)8-11-4-3-5-17-7-11/h3-5,7,12H,6,8-9H2,1-2H3,(H,18,19). The molecule has 0 radical (unpaired) electrons. The molecule has 3 rings (SSSR count). The summed E-state index contributed by atoms with van der Waals surface area (Å²) in [7, 11) is 1.32. The predicted octanol–water partition coefficient (Wildman–Crippen LogP) is 1.42. The van der Waals surface area contributed by atoms with E-state index < -0.39 is 5.97 Å². The maximum Gasteiger partial charge on any atom is 0.358 e. The Hall–Kier alpha value is -2.70. The first-order valence-corrected chi connectivity index (χ1v) is 7.40. The van der Waals surface area contributed by atoms with Crippen molar-refractivity contribution < 1.29 is 14.3 Å². The summed E-state index contributed by atoms with van der Waals surface area (Å²) < 4.78 is 4.71. The lowest BCUT2D eigenvalue weighted by atomic mass is 10.1. The zero-order valence-electron chi connectivity index (χ0n) is 13.1. The lowest BCUT2D eigenvalue weighted by Crippen LogP contribution is -2.24. The van der Waals surface area contributed by atoms with Gasteiger partial charge in [-0.3, -0.25) is 9.78 Å². The summed E-state index contributed by atoms with van der Waals surface area (Å²) in [4.78, 5) is 37.1. The van der Waals surface area contributed by atoms with Gasteiger partial charge in [-0.2, -0.15) is 0 Å². The van der Waals surface area contributed by atoms with Gasteiger partial charge in [-0.15, -0.1) is 0 Å². The second-order valence-corrected chi connectivity index (χ2v) is 5.62. The third kappa shape index (κ3) is 3.08. The van der Waals surface area contributed by atoms with Crippen LogP contribution < -0.4 is 0 Å². The second kappa shape index (κ2) is 6.20. The van der Waals surface area contributed by atoms with E-state index in [4.69, 9.17) is 4.74 Å². The zero-order chi connectivity index (χ0) is 16.4. The summed E-state index contributed by atoms with van der Waals surface area (Å²) in [5, 5.41) is 0. The molecule has 7 nitrogen and oxygen atoms in total. The van der Waals surface area contributed by atoms with Crippen molar-refractivity contribution in [1.82, 2.24) is 19.9 Å². The molecular weight excluding hydrogens is 296 g/mol. The lowest BCUT2D eigenvalue weighted by molar-refractivity contribution is -0.128. The van der Waals surface area contributed by atoms with Crippen LogP contribution in [0.15, 0.2) is 24.5 Å². The molecule has 1 fully saturated rings. The van der Waals surface area contributed by atoms with Gasteiger partial charge in [0.25, 0.3) is 0 Å². The number of aryl methyl sites for hydroxylation is 1. The van der Waals surface area contributed by atoms with Crippen LogP contribution in [0, 0.1) is 6.92 Å². The Labute approximate surface area is 133 Å². The van der Waals surface area contributed by atoms with Gasteiger partial charge >= 0.3 is 5.97 Å². The van der Waals surface area contributed by atoms with Gasteiger partial charge in [0.15, 0.2) is 5.69 Å². The average molecular weight is 314 g/mol. The molecule has 1 N–H and O–H groups in total. The molecule has 0 aliphatic carbocycles. The highest BCUT2D eigenvalue weighted by atomic mass is 16.5. The highest BCUT2D eigenvalue weighted by Gasteiger charge is 2.33. The van der Waals surface area contributed by atoms with E-state index >= 15 is 0 Å². The van der Waals surface area contributed by atoms with Crippen molar-refractivity contribution in [3.05, 3.63) is 47.3 Å². The number of carbonyl (C=O) groups is 2. The Morgan fingerprint density at radius 3 is 3.04 bits per heavy atom. The fourth-order valence-corrected chi connectivity index (χ4v) is 2.79. The minimum Gasteiger partial charge on any atom is -0.464 e. The van der Waals surface area contributed by atoms with Crippen molar-refractivity contribution in [1.29, 1.82) is 0 Å². The second-order valence-electron chi connectivity index (χ2n) is 5.62. The first-order chi connectivity index (χ1) is 11.1. The van der Waals surface area contributed by atoms with E-state index in [-0.39, 0.29) is 17.5 Å². The van der Waals surface area contributed by atoms with Crippen LogP contribution in [0.3, 0.4) is 0 Å². The molecule has 7 heteroatoms. The summed E-state index contributed by atoms with van der Waals surface area (Å²) in [5.74, 6) is 0.218. The number of likely N-dealkylation sites (tertiary alicyclic amines) is 1. The largest absolute Gasteiger partial charge is 0.464 e. The number of aromatic nitrogens is 3. The number of ether oxygens (including phenoxy) is 1. The maximum absolute atomic E-state index is 12.2. The number of esters is 1. The Bertz CT molecular complexity index is 726. The van der Waals surface area contributed by atoms with E-state index in [2.05, 4.69) is 15.0 Å². The van der Waals surface area contributed by atoms with E-state index in [9.17, 15) is 9.59 Å². The molecule has 0 saturated carbocycles. The molecule has 1 atom stereocenters. The number of hydrogen-bond acceptors (Lipinski definition) is 5. The van der Waals surface area contributed by atoms with Gasteiger partial charge in [0.1, 0.15) is 5.82 Å². The van der Waals surface area contributed by atoms with Gasteiger partial charge in [0.05, 0.1) is 7.11 Å². The monoisotopic (exact) mass is 314 g/mol. The first kappa shape index (κ1) is 15.2. The van der Waals surface area contributed by atoms with E-state index in [0.717, 1.165) is 5.56 Å². The highest BCUT2D eigenvalue weighted by molar-refractivity contribution is 5.88. The molecule has 2 aromatic rings. The van der Waals surface area contributed by atoms with Crippen LogP contribution in [-0.2, 0) is 16.1 Å². The molecule has 120 valence electrons. The molecule has 3 heterocycles. The van der Waals surface area contributed by atoms with E-state index in [1.807, 2.05) is 12.1 Å². The van der Waals surface area contributed by atoms with Crippen molar-refractivity contribution in [2.24, 2.45) is 0 Å². The predicted molar refractivity (Wildman–Crippen MR) is 81.7 cm³/mol. The number of hydrogen-bond donors (Lipinski definition) is 1. The summed E-state index contributed by atoms with van der Waals surface area (Å²) >= 11 is 0. The summed E-state index contributed by atoms with van der Waals surface area (Å²) in [6.45, 7) is 2.88. The number of H-pyrrole nitrogens is 1. The number of aromatic amines is 1. The lowest BCUT2D eigenvalue weighted by Gasteiger charge is -2.15. The van der Waals surface area contributed by atoms with Gasteiger partial charge < -0.3 is 14.6 Å². The molecule has 0 bridgehead atoms. The Balaban J connectivity index is 1.73. The van der Waals surface area contributed by atoms with E-state index in [1.165, 1.54) is 7.11 Å². The molecule has 1 aliphatic heterocycles. The Morgan fingerprint density at radius 2 is 2.35 bits per heavy atom. The summed E-state index contributed by atoms with van der Waals surface area (Å²) in [5.41, 5.74) is 1.93. The summed E-state index contributed by atoms with van der Waals surface area (Å²) in [6, 6.07) is 3.80. The number of amides is 1. The first-order valence-electron chi connectivity index (χ1n) is 7.40. The van der Waals surface area contributed by atoms with Crippen LogP contribution in [0.4, 0.5) is 0 Å². The van der Waals surface area contributed by atoms with Gasteiger partial charge in [-0.05, 0) is 18.6 Å². The Kier molecular flexibility index (Phi) is 4.10. The van der Waals surface area contributed by atoms with Gasteiger partial charge in [-0.1, -0.05) is 6.07 Å². The number of imidazole rings is 1. The van der Waals surface area contributed by atoms with Crippen molar-refractivity contribution in [3.63, 3.8) is 0 Å². The number of carbonyl (C=O) groups excluding carboxylic acids is 2. The molecule has 1 saturated heterocycles. The molecule has 1 amide bonds. The fraction of sp³-hybridized carbons (Fsp3) is 0.375. The van der Waals surface area contributed by atoms with E-state index in [0.29, 0.717) is 31.0 Å². The minimum atomic E-state index is -0.471. The third-order valence-electron chi connectivity index (χ3n) is 3.98. The van der Waals surface area contributed by atoms with Crippen molar-refractivity contribution in [2.45, 2.75) is 25.8 Å². The highest BCUT2D eigenvalue weighted by Crippen LogP contribution is 2.28. The number of nitrogens with zero attached hydrogens (tertiary/aromatic N) is 3. The van der Waals surface area contributed by atoms with Gasteiger partial charge in [-0.25, -0.2) is 9.78 Å². The summed E-state index contributed by atoms with van der Waals surface area (Å²) in [6.07, 6.45) is 3.85. The molecule has 0 aromatic carbocycles. The minimum absolute atomic E-state index is 0.0451. The van der Waals surface area contributed by atoms with Crippen molar-refractivity contribution in [3.8, 4) is 0 Å². The Morgan fingerprint density at radius 1 is 1.52 bits per heavy atom. The third-order valence-corrected chi connectivity index (χ3v) is 3.98. The molecular formula is C16H18N4O3. The average Bonchev–Trinajstić information content (AvgIpc) is 3.11. The quantitative estimate of drug-likeness (QED) is 0.862. The molecule has 1 unspecified atom stereocenters. The SMILES string of the molecule is COC(=O)c1nc(C2CC(=O)N(Cc3cccnc3)C2)[nH]c1C. The van der Waals surface area contributed by atoms with Crippen LogP contribution in [0.1, 0.15) is 39.9 Å². The van der Waals surface area contributed by atoms with Gasteiger partial charge in [0, 0.05) is 43.5 Å². The molecule has 1 aliphatic rings. The fourth-order valence-electron chi connectivity index (χ4n) is 2.79. The van der Waals surface area contributed by atoms with E-state index in [1.54, 1.807) is 24.2 Å². The van der Waals surface area contributed by atoms with Gasteiger partial charge in [0.2, 0.25) is 5.91 Å². The molecule has 2 aromatic heterocycles. The van der Waals surface area contributed by atoms with Crippen LogP contribution in [-0.4, -0.2) is 45.4 Å². The van der Waals surface area contributed by atoms with Crippen LogP contribution in [0.2, 0.25) is 0 Å². The normalized spacial score (nSPS) is 17.6.